The number of benzene rings is 1. The number of carbonyl (C=O) groups excluding carboxylic acids is 1. The van der Waals surface area contributed by atoms with Crippen molar-refractivity contribution in [2.24, 2.45) is 23.2 Å². The molecule has 3 fully saturated rings. The Hall–Kier alpha value is -1.19. The Labute approximate surface area is 152 Å². The van der Waals surface area contributed by atoms with Crippen molar-refractivity contribution < 1.29 is 4.79 Å². The van der Waals surface area contributed by atoms with Gasteiger partial charge >= 0.3 is 0 Å². The van der Waals surface area contributed by atoms with Gasteiger partial charge in [-0.05, 0) is 60.6 Å². The van der Waals surface area contributed by atoms with Crippen molar-refractivity contribution in [1.29, 1.82) is 0 Å². The van der Waals surface area contributed by atoms with Gasteiger partial charge in [-0.1, -0.05) is 37.0 Å². The van der Waals surface area contributed by atoms with Crippen LogP contribution in [0.15, 0.2) is 18.2 Å². The first kappa shape index (κ1) is 16.3. The van der Waals surface area contributed by atoms with Crippen LogP contribution >= 0.6 is 23.2 Å². The molecule has 1 aromatic carbocycles. The Morgan fingerprint density at radius 1 is 1.29 bits per heavy atom. The van der Waals surface area contributed by atoms with Gasteiger partial charge in [0, 0.05) is 22.5 Å². The molecule has 3 aliphatic carbocycles. The molecule has 1 heterocycles. The van der Waals surface area contributed by atoms with Gasteiger partial charge in [-0.3, -0.25) is 4.79 Å². The molecule has 5 heteroatoms. The number of aromatic amines is 1. The summed E-state index contributed by atoms with van der Waals surface area (Å²) in [5.74, 6) is 2.15. The summed E-state index contributed by atoms with van der Waals surface area (Å²) in [4.78, 5) is 15.6. The van der Waals surface area contributed by atoms with Gasteiger partial charge in [0.1, 0.15) is 5.69 Å². The predicted octanol–water partition coefficient (Wildman–Crippen LogP) is 5.28. The molecule has 3 saturated carbocycles. The average Bonchev–Trinajstić information content (AvgIpc) is 2.97. The number of carbonyl (C=O) groups is 1. The molecule has 3 aliphatic rings. The molecule has 0 radical (unpaired) electrons. The van der Waals surface area contributed by atoms with E-state index < -0.39 is 0 Å². The number of halogens is 2. The van der Waals surface area contributed by atoms with Crippen LogP contribution < -0.4 is 5.32 Å². The normalized spacial score (nSPS) is 27.8. The second-order valence-corrected chi connectivity index (χ2v) is 8.78. The van der Waals surface area contributed by atoms with Gasteiger partial charge in [-0.25, -0.2) is 0 Å². The molecular formula is C19H22Cl2N2O. The second kappa shape index (κ2) is 5.67. The highest BCUT2D eigenvalue weighted by molar-refractivity contribution is 6.38. The molecule has 5 rings (SSSR count). The molecule has 0 saturated heterocycles. The number of nitrogens with one attached hydrogen (secondary N) is 2. The first-order valence-electron chi connectivity index (χ1n) is 8.62. The molecule has 3 atom stereocenters. The monoisotopic (exact) mass is 364 g/mol. The minimum absolute atomic E-state index is 0.0716. The Morgan fingerprint density at radius 3 is 2.79 bits per heavy atom. The zero-order valence-electron chi connectivity index (χ0n) is 14.0. The van der Waals surface area contributed by atoms with Crippen LogP contribution in [-0.2, 0) is 0 Å². The van der Waals surface area contributed by atoms with Gasteiger partial charge < -0.3 is 10.3 Å². The molecule has 24 heavy (non-hydrogen) atoms. The van der Waals surface area contributed by atoms with Crippen molar-refractivity contribution in [3.63, 3.8) is 0 Å². The van der Waals surface area contributed by atoms with Crippen LogP contribution in [0.2, 0.25) is 10.0 Å². The lowest BCUT2D eigenvalue weighted by atomic mass is 9.45. The summed E-state index contributed by atoms with van der Waals surface area (Å²) in [7, 11) is 0. The van der Waals surface area contributed by atoms with E-state index in [0.29, 0.717) is 27.1 Å². The average molecular weight is 365 g/mol. The van der Waals surface area contributed by atoms with E-state index in [1.807, 2.05) is 0 Å². The largest absolute Gasteiger partial charge is 0.350 e. The third-order valence-electron chi connectivity index (χ3n) is 6.42. The lowest BCUT2D eigenvalue weighted by Gasteiger charge is -2.60. The zero-order valence-corrected chi connectivity index (χ0v) is 15.5. The van der Waals surface area contributed by atoms with Gasteiger partial charge in [-0.15, -0.1) is 0 Å². The Balaban J connectivity index is 1.46. The van der Waals surface area contributed by atoms with E-state index in [-0.39, 0.29) is 5.91 Å². The lowest BCUT2D eigenvalue weighted by molar-refractivity contribution is -0.103. The number of amides is 1. The van der Waals surface area contributed by atoms with E-state index in [0.717, 1.165) is 29.3 Å². The van der Waals surface area contributed by atoms with Crippen molar-refractivity contribution in [2.45, 2.75) is 33.1 Å². The van der Waals surface area contributed by atoms with Crippen molar-refractivity contribution in [3.05, 3.63) is 33.9 Å². The number of H-pyrrole nitrogens is 1. The van der Waals surface area contributed by atoms with Crippen molar-refractivity contribution in [1.82, 2.24) is 10.3 Å². The Kier molecular flexibility index (Phi) is 3.85. The van der Waals surface area contributed by atoms with Crippen molar-refractivity contribution >= 4 is 40.0 Å². The van der Waals surface area contributed by atoms with Gasteiger partial charge in [0.2, 0.25) is 0 Å². The highest BCUT2D eigenvalue weighted by Gasteiger charge is 2.53. The van der Waals surface area contributed by atoms with E-state index in [1.165, 1.54) is 19.3 Å². The molecule has 3 nitrogen and oxygen atoms in total. The number of fused-ring (bicyclic) bond motifs is 3. The number of rotatable bonds is 3. The molecule has 2 bridgehead atoms. The molecule has 0 aliphatic heterocycles. The highest BCUT2D eigenvalue weighted by Crippen LogP contribution is 2.61. The van der Waals surface area contributed by atoms with Crippen LogP contribution in [0.4, 0.5) is 0 Å². The maximum Gasteiger partial charge on any atom is 0.267 e. The summed E-state index contributed by atoms with van der Waals surface area (Å²) >= 11 is 12.2. The zero-order chi connectivity index (χ0) is 17.1. The van der Waals surface area contributed by atoms with Crippen LogP contribution in [0.1, 0.15) is 43.6 Å². The fourth-order valence-electron chi connectivity index (χ4n) is 4.81. The second-order valence-electron chi connectivity index (χ2n) is 7.94. The lowest BCUT2D eigenvalue weighted by Crippen LogP contribution is -2.54. The molecular weight excluding hydrogens is 343 g/mol. The summed E-state index contributed by atoms with van der Waals surface area (Å²) < 4.78 is 0. The predicted molar refractivity (Wildman–Crippen MR) is 98.8 cm³/mol. The summed E-state index contributed by atoms with van der Waals surface area (Å²) in [6, 6.07) is 5.28. The van der Waals surface area contributed by atoms with Gasteiger partial charge in [0.05, 0.1) is 5.02 Å². The van der Waals surface area contributed by atoms with Crippen LogP contribution in [0.25, 0.3) is 10.9 Å². The third kappa shape index (κ3) is 2.53. The van der Waals surface area contributed by atoms with E-state index in [4.69, 9.17) is 23.2 Å². The van der Waals surface area contributed by atoms with Gasteiger partial charge in [0.15, 0.2) is 0 Å². The van der Waals surface area contributed by atoms with E-state index in [2.05, 4.69) is 24.1 Å². The van der Waals surface area contributed by atoms with Crippen LogP contribution in [0.5, 0.6) is 0 Å². The van der Waals surface area contributed by atoms with E-state index in [9.17, 15) is 4.79 Å². The minimum atomic E-state index is -0.0716. The fourth-order valence-corrected chi connectivity index (χ4v) is 5.36. The number of hydrogen-bond donors (Lipinski definition) is 2. The minimum Gasteiger partial charge on any atom is -0.350 e. The highest BCUT2D eigenvalue weighted by atomic mass is 35.5. The van der Waals surface area contributed by atoms with Crippen LogP contribution in [0.3, 0.4) is 0 Å². The molecule has 2 N–H and O–H groups in total. The quantitative estimate of drug-likeness (QED) is 0.764. The SMILES string of the molecule is CC1(C)[C@H]2CC[C@H](CNC(=O)c3cc4c(Cl)cc(Cl)cc4[nH]3)[C@@H]1C2. The van der Waals surface area contributed by atoms with E-state index in [1.54, 1.807) is 18.2 Å². The summed E-state index contributed by atoms with van der Waals surface area (Å²) in [5, 5.41) is 5.05. The topological polar surface area (TPSA) is 44.9 Å². The first-order valence-corrected chi connectivity index (χ1v) is 9.38. The first-order chi connectivity index (χ1) is 11.4. The van der Waals surface area contributed by atoms with Crippen LogP contribution in [-0.4, -0.2) is 17.4 Å². The number of hydrogen-bond acceptors (Lipinski definition) is 1. The molecule has 2 aromatic rings. The summed E-state index contributed by atoms with van der Waals surface area (Å²) in [6.07, 6.45) is 3.85. The van der Waals surface area contributed by atoms with E-state index >= 15 is 0 Å². The molecule has 0 spiro atoms. The maximum absolute atomic E-state index is 12.5. The molecule has 128 valence electrons. The standard InChI is InChI=1S/C19H22Cl2N2O/c1-19(2)11-4-3-10(14(19)5-11)9-22-18(24)17-8-13-15(21)6-12(20)7-16(13)23-17/h6-8,10-11,14,23H,3-5,9H2,1-2H3,(H,22,24)/t10-,11+,14+/m1/s1. The fraction of sp³-hybridized carbons (Fsp3) is 0.526. The van der Waals surface area contributed by atoms with Gasteiger partial charge in [-0.2, -0.15) is 0 Å². The smallest absolute Gasteiger partial charge is 0.267 e. The molecule has 1 amide bonds. The third-order valence-corrected chi connectivity index (χ3v) is 6.95. The van der Waals surface area contributed by atoms with Gasteiger partial charge in [0.25, 0.3) is 5.91 Å². The number of aromatic nitrogens is 1. The van der Waals surface area contributed by atoms with Crippen LogP contribution in [0, 0.1) is 23.2 Å². The molecule has 1 aromatic heterocycles. The van der Waals surface area contributed by atoms with Crippen molar-refractivity contribution in [3.8, 4) is 0 Å². The Morgan fingerprint density at radius 2 is 2.08 bits per heavy atom. The summed E-state index contributed by atoms with van der Waals surface area (Å²) in [6.45, 7) is 5.51. The maximum atomic E-state index is 12.5. The van der Waals surface area contributed by atoms with Crippen molar-refractivity contribution in [2.75, 3.05) is 6.54 Å². The molecule has 0 unspecified atom stereocenters. The Bertz CT molecular complexity index is 809. The summed E-state index contributed by atoms with van der Waals surface area (Å²) in [5.41, 5.74) is 1.77.